The Morgan fingerprint density at radius 1 is 0.970 bits per heavy atom. The second-order valence-electron chi connectivity index (χ2n) is 8.05. The molecule has 2 amide bonds. The molecule has 0 bridgehead atoms. The molecule has 6 nitrogen and oxygen atoms in total. The third kappa shape index (κ3) is 4.60. The van der Waals surface area contributed by atoms with Crippen LogP contribution in [0, 0.1) is 0 Å². The zero-order valence-corrected chi connectivity index (χ0v) is 18.8. The highest BCUT2D eigenvalue weighted by molar-refractivity contribution is 6.18. The van der Waals surface area contributed by atoms with Crippen LogP contribution in [0.1, 0.15) is 58.5 Å². The van der Waals surface area contributed by atoms with Crippen LogP contribution in [0.4, 0.5) is 17.1 Å². The average Bonchev–Trinajstić information content (AvgIpc) is 3.14. The molecule has 1 aliphatic rings. The topological polar surface area (TPSA) is 87.6 Å². The molecule has 6 heteroatoms. The fourth-order valence-corrected chi connectivity index (χ4v) is 4.00. The number of fused-ring (bicyclic) bond motifs is 1. The van der Waals surface area contributed by atoms with Gasteiger partial charge in [-0.05, 0) is 79.9 Å². The van der Waals surface area contributed by atoms with Gasteiger partial charge in [-0.1, -0.05) is 25.1 Å². The Labute approximate surface area is 192 Å². The van der Waals surface area contributed by atoms with E-state index in [-0.39, 0.29) is 17.6 Å². The summed E-state index contributed by atoms with van der Waals surface area (Å²) in [4.78, 5) is 41.6. The number of anilines is 2. The molecule has 0 saturated heterocycles. The van der Waals surface area contributed by atoms with Gasteiger partial charge < -0.3 is 10.6 Å². The Morgan fingerprint density at radius 3 is 2.36 bits per heavy atom. The van der Waals surface area contributed by atoms with Crippen molar-refractivity contribution < 1.29 is 14.4 Å². The van der Waals surface area contributed by atoms with Crippen molar-refractivity contribution in [3.8, 4) is 0 Å². The number of aliphatic imine (C=N–C) groups is 1. The van der Waals surface area contributed by atoms with Gasteiger partial charge in [-0.25, -0.2) is 0 Å². The lowest BCUT2D eigenvalue weighted by Gasteiger charge is -2.11. The molecular formula is C27H25N3O3. The van der Waals surface area contributed by atoms with Crippen molar-refractivity contribution in [3.63, 3.8) is 0 Å². The van der Waals surface area contributed by atoms with Crippen molar-refractivity contribution in [2.75, 3.05) is 10.6 Å². The van der Waals surface area contributed by atoms with Crippen LogP contribution in [0.25, 0.3) is 0 Å². The number of aryl methyl sites for hydroxylation is 1. The Kier molecular flexibility index (Phi) is 6.18. The first-order valence-electron chi connectivity index (χ1n) is 10.9. The predicted octanol–water partition coefficient (Wildman–Crippen LogP) is 5.53. The van der Waals surface area contributed by atoms with Gasteiger partial charge in [-0.3, -0.25) is 19.4 Å². The van der Waals surface area contributed by atoms with Crippen molar-refractivity contribution in [1.82, 2.24) is 0 Å². The number of benzene rings is 3. The number of rotatable bonds is 6. The number of nitrogens with zero attached hydrogens (tertiary/aromatic N) is 1. The van der Waals surface area contributed by atoms with Crippen LogP contribution in [0.2, 0.25) is 0 Å². The molecule has 33 heavy (non-hydrogen) atoms. The van der Waals surface area contributed by atoms with E-state index >= 15 is 0 Å². The average molecular weight is 440 g/mol. The highest BCUT2D eigenvalue weighted by Gasteiger charge is 2.33. The van der Waals surface area contributed by atoms with Gasteiger partial charge in [0.05, 0.1) is 5.69 Å². The number of hydrogen-bond donors (Lipinski definition) is 2. The van der Waals surface area contributed by atoms with Gasteiger partial charge in [-0.2, -0.15) is 0 Å². The number of carbonyl (C=O) groups excluding carboxylic acids is 3. The lowest BCUT2D eigenvalue weighted by molar-refractivity contribution is -0.115. The maximum atomic E-state index is 12.7. The van der Waals surface area contributed by atoms with E-state index in [9.17, 15) is 14.4 Å². The molecule has 0 radical (unpaired) electrons. The van der Waals surface area contributed by atoms with Gasteiger partial charge in [0.1, 0.15) is 5.92 Å². The molecular weight excluding hydrogens is 414 g/mol. The molecule has 0 spiro atoms. The number of para-hydroxylation sites is 1. The van der Waals surface area contributed by atoms with E-state index in [1.165, 1.54) is 6.92 Å². The highest BCUT2D eigenvalue weighted by Crippen LogP contribution is 2.35. The lowest BCUT2D eigenvalue weighted by Crippen LogP contribution is -2.18. The molecule has 1 heterocycles. The van der Waals surface area contributed by atoms with Gasteiger partial charge >= 0.3 is 0 Å². The monoisotopic (exact) mass is 439 g/mol. The van der Waals surface area contributed by atoms with E-state index in [4.69, 9.17) is 0 Å². The van der Waals surface area contributed by atoms with Crippen molar-refractivity contribution >= 4 is 40.4 Å². The summed E-state index contributed by atoms with van der Waals surface area (Å²) in [7, 11) is 0. The smallest absolute Gasteiger partial charge is 0.255 e. The van der Waals surface area contributed by atoms with Crippen LogP contribution in [-0.2, 0) is 11.2 Å². The molecule has 0 aromatic heterocycles. The van der Waals surface area contributed by atoms with Crippen LogP contribution in [-0.4, -0.2) is 23.3 Å². The van der Waals surface area contributed by atoms with E-state index < -0.39 is 5.92 Å². The zero-order chi connectivity index (χ0) is 23.5. The summed E-state index contributed by atoms with van der Waals surface area (Å²) in [5.74, 6) is -0.977. The number of carbonyl (C=O) groups is 3. The fraction of sp³-hybridized carbons (Fsp3) is 0.185. The second-order valence-corrected chi connectivity index (χ2v) is 8.05. The molecule has 3 aromatic rings. The summed E-state index contributed by atoms with van der Waals surface area (Å²) >= 11 is 0. The molecule has 1 atom stereocenters. The Balaban J connectivity index is 1.54. The number of hydrogen-bond acceptors (Lipinski definition) is 4. The van der Waals surface area contributed by atoms with E-state index in [0.29, 0.717) is 28.2 Å². The van der Waals surface area contributed by atoms with Crippen LogP contribution < -0.4 is 10.6 Å². The fourth-order valence-electron chi connectivity index (χ4n) is 4.00. The number of nitrogens with one attached hydrogen (secondary N) is 2. The van der Waals surface area contributed by atoms with E-state index in [0.717, 1.165) is 23.2 Å². The quantitative estimate of drug-likeness (QED) is 0.391. The summed E-state index contributed by atoms with van der Waals surface area (Å²) in [6, 6.07) is 19.9. The van der Waals surface area contributed by atoms with Crippen molar-refractivity contribution in [2.24, 2.45) is 4.99 Å². The van der Waals surface area contributed by atoms with Gasteiger partial charge in [0, 0.05) is 28.2 Å². The highest BCUT2D eigenvalue weighted by atomic mass is 16.2. The first-order valence-corrected chi connectivity index (χ1v) is 10.9. The molecule has 0 aliphatic carbocycles. The molecule has 0 fully saturated rings. The minimum atomic E-state index is -0.562. The van der Waals surface area contributed by atoms with Gasteiger partial charge in [0.2, 0.25) is 5.91 Å². The van der Waals surface area contributed by atoms with Crippen molar-refractivity contribution in [1.29, 1.82) is 0 Å². The molecule has 166 valence electrons. The molecule has 2 N–H and O–H groups in total. The normalized spacial score (nSPS) is 15.1. The third-order valence-electron chi connectivity index (χ3n) is 5.79. The maximum Gasteiger partial charge on any atom is 0.255 e. The molecule has 4 rings (SSSR count). The third-order valence-corrected chi connectivity index (χ3v) is 5.79. The predicted molar refractivity (Wildman–Crippen MR) is 131 cm³/mol. The van der Waals surface area contributed by atoms with Crippen LogP contribution in [0.15, 0.2) is 71.7 Å². The van der Waals surface area contributed by atoms with Gasteiger partial charge in [-0.15, -0.1) is 0 Å². The van der Waals surface area contributed by atoms with Gasteiger partial charge in [0.15, 0.2) is 5.78 Å². The second kappa shape index (κ2) is 9.20. The van der Waals surface area contributed by atoms with Crippen molar-refractivity contribution in [2.45, 2.75) is 33.1 Å². The summed E-state index contributed by atoms with van der Waals surface area (Å²) in [6.45, 7) is 5.34. The Bertz CT molecular complexity index is 1280. The first kappa shape index (κ1) is 22.1. The van der Waals surface area contributed by atoms with E-state index in [1.807, 2.05) is 31.2 Å². The van der Waals surface area contributed by atoms with E-state index in [2.05, 4.69) is 15.6 Å². The standard InChI is InChI=1S/C27H25N3O3/c1-4-18-7-5-6-8-23(18)29-26(32)19-9-12-21(13-10-19)28-16(2)25-22-15-20(17(3)31)11-14-24(22)30-27(25)33/h5-15,25H,4H2,1-3H3,(H,29,32)(H,30,33). The molecule has 3 aromatic carbocycles. The Morgan fingerprint density at radius 2 is 1.67 bits per heavy atom. The van der Waals surface area contributed by atoms with Crippen molar-refractivity contribution in [3.05, 3.63) is 89.0 Å². The first-order chi connectivity index (χ1) is 15.9. The van der Waals surface area contributed by atoms with Crippen LogP contribution in [0.3, 0.4) is 0 Å². The van der Waals surface area contributed by atoms with Crippen LogP contribution in [0.5, 0.6) is 0 Å². The largest absolute Gasteiger partial charge is 0.325 e. The molecule has 1 unspecified atom stereocenters. The zero-order valence-electron chi connectivity index (χ0n) is 18.8. The minimum Gasteiger partial charge on any atom is -0.325 e. The summed E-state index contributed by atoms with van der Waals surface area (Å²) < 4.78 is 0. The summed E-state index contributed by atoms with van der Waals surface area (Å²) in [5.41, 5.74) is 5.66. The van der Waals surface area contributed by atoms with Crippen LogP contribution >= 0.6 is 0 Å². The summed E-state index contributed by atoms with van der Waals surface area (Å²) in [6.07, 6.45) is 0.829. The number of ketones is 1. The SMILES string of the molecule is CCc1ccccc1NC(=O)c1ccc(N=C(C)C2C(=O)Nc3ccc(C(C)=O)cc32)cc1. The molecule has 0 saturated carbocycles. The number of Topliss-reactive ketones (excluding diaryl/α,β-unsaturated/α-hetero) is 1. The summed E-state index contributed by atoms with van der Waals surface area (Å²) in [5, 5.41) is 5.81. The maximum absolute atomic E-state index is 12.7. The minimum absolute atomic E-state index is 0.0547. The lowest BCUT2D eigenvalue weighted by atomic mass is 9.94. The Hall–Kier alpha value is -4.06. The number of amides is 2. The van der Waals surface area contributed by atoms with Gasteiger partial charge in [0.25, 0.3) is 5.91 Å². The van der Waals surface area contributed by atoms with E-state index in [1.54, 1.807) is 49.4 Å². The molecule has 1 aliphatic heterocycles.